The number of aromatic amines is 1. The molecule has 1 aromatic heterocycles. The first-order chi connectivity index (χ1) is 12.2. The highest BCUT2D eigenvalue weighted by Gasteiger charge is 2.05. The molecule has 0 saturated heterocycles. The van der Waals surface area contributed by atoms with Gasteiger partial charge in [0.15, 0.2) is 17.5 Å². The van der Waals surface area contributed by atoms with Crippen molar-refractivity contribution >= 4 is 46.5 Å². The summed E-state index contributed by atoms with van der Waals surface area (Å²) in [5, 5.41) is 4.27. The number of hydrogen-bond acceptors (Lipinski definition) is 3. The molecule has 0 fully saturated rings. The van der Waals surface area contributed by atoms with E-state index in [1.165, 1.54) is 5.39 Å². The minimum atomic E-state index is 0. The van der Waals surface area contributed by atoms with Crippen LogP contribution in [0, 0.1) is 0 Å². The number of nitrogens with zero attached hydrogens (tertiary/aromatic N) is 1. The highest BCUT2D eigenvalue weighted by Crippen LogP contribution is 2.29. The second-order valence-electron chi connectivity index (χ2n) is 5.59. The van der Waals surface area contributed by atoms with E-state index in [2.05, 4.69) is 33.5 Å². The Labute approximate surface area is 169 Å². The lowest BCUT2D eigenvalue weighted by atomic mass is 10.2. The summed E-state index contributed by atoms with van der Waals surface area (Å²) in [4.78, 5) is 7.76. The van der Waals surface area contributed by atoms with Crippen LogP contribution >= 0.6 is 24.0 Å². The molecule has 2 aromatic carbocycles. The van der Waals surface area contributed by atoms with E-state index in [1.807, 2.05) is 30.3 Å². The number of rotatable bonds is 6. The molecule has 0 saturated carbocycles. The number of nitrogens with two attached hydrogens (primary N) is 1. The fraction of sp³-hybridized carbons (Fsp3) is 0.211. The Hall–Kier alpha value is -2.42. The summed E-state index contributed by atoms with van der Waals surface area (Å²) in [6.07, 6.45) is 0.795. The van der Waals surface area contributed by atoms with Crippen LogP contribution in [0.1, 0.15) is 5.69 Å². The number of para-hydroxylation sites is 1. The molecular weight excluding hydrogens is 443 g/mol. The Morgan fingerprint density at radius 2 is 1.85 bits per heavy atom. The molecule has 0 bridgehead atoms. The molecule has 0 aliphatic carbocycles. The Bertz CT molecular complexity index is 859. The van der Waals surface area contributed by atoms with Gasteiger partial charge in [0.25, 0.3) is 0 Å². The van der Waals surface area contributed by atoms with Gasteiger partial charge in [-0.2, -0.15) is 0 Å². The third kappa shape index (κ3) is 4.81. The lowest BCUT2D eigenvalue weighted by Gasteiger charge is -2.10. The SMILES string of the molecule is COc1ccc(NC(N)=NCCc2cc3ccccc3[nH]2)cc1OC.I. The van der Waals surface area contributed by atoms with Crippen LogP contribution in [-0.4, -0.2) is 31.7 Å². The lowest BCUT2D eigenvalue weighted by molar-refractivity contribution is 0.355. The molecule has 1 heterocycles. The molecule has 0 amide bonds. The predicted molar refractivity (Wildman–Crippen MR) is 117 cm³/mol. The normalized spacial score (nSPS) is 11.1. The zero-order valence-corrected chi connectivity index (χ0v) is 17.1. The van der Waals surface area contributed by atoms with Gasteiger partial charge in [-0.3, -0.25) is 4.99 Å². The lowest BCUT2D eigenvalue weighted by Crippen LogP contribution is -2.23. The number of benzene rings is 2. The standard InChI is InChI=1S/C19H22N4O2.HI/c1-24-17-8-7-14(12-18(17)25-2)23-19(20)21-10-9-15-11-13-5-3-4-6-16(13)22-15;/h3-8,11-12,22H,9-10H2,1-2H3,(H3,20,21,23);1H. The molecule has 0 aliphatic heterocycles. The van der Waals surface area contributed by atoms with Crippen LogP contribution < -0.4 is 20.5 Å². The van der Waals surface area contributed by atoms with Crippen molar-refractivity contribution < 1.29 is 9.47 Å². The van der Waals surface area contributed by atoms with Gasteiger partial charge >= 0.3 is 0 Å². The molecule has 4 N–H and O–H groups in total. The van der Waals surface area contributed by atoms with Crippen LogP contribution in [0.4, 0.5) is 5.69 Å². The summed E-state index contributed by atoms with van der Waals surface area (Å²) >= 11 is 0. The van der Waals surface area contributed by atoms with E-state index in [9.17, 15) is 0 Å². The van der Waals surface area contributed by atoms with E-state index in [-0.39, 0.29) is 24.0 Å². The number of H-pyrrole nitrogens is 1. The second-order valence-corrected chi connectivity index (χ2v) is 5.59. The van der Waals surface area contributed by atoms with Crippen molar-refractivity contribution in [1.29, 1.82) is 0 Å². The van der Waals surface area contributed by atoms with Crippen LogP contribution in [0.5, 0.6) is 11.5 Å². The molecule has 138 valence electrons. The number of halogens is 1. The first-order valence-electron chi connectivity index (χ1n) is 8.05. The zero-order valence-electron chi connectivity index (χ0n) is 14.8. The van der Waals surface area contributed by atoms with E-state index < -0.39 is 0 Å². The molecule has 0 radical (unpaired) electrons. The van der Waals surface area contributed by atoms with Crippen LogP contribution in [0.25, 0.3) is 10.9 Å². The number of guanidine groups is 1. The van der Waals surface area contributed by atoms with E-state index in [1.54, 1.807) is 14.2 Å². The van der Waals surface area contributed by atoms with Gasteiger partial charge in [0.1, 0.15) is 0 Å². The Kier molecular flexibility index (Phi) is 7.14. The summed E-state index contributed by atoms with van der Waals surface area (Å²) in [6, 6.07) is 15.8. The van der Waals surface area contributed by atoms with E-state index in [0.29, 0.717) is 24.0 Å². The summed E-state index contributed by atoms with van der Waals surface area (Å²) in [5.41, 5.74) is 9.04. The van der Waals surface area contributed by atoms with Gasteiger partial charge in [-0.05, 0) is 29.7 Å². The van der Waals surface area contributed by atoms with E-state index in [4.69, 9.17) is 15.2 Å². The Balaban J connectivity index is 0.00000243. The Morgan fingerprint density at radius 3 is 2.58 bits per heavy atom. The average molecular weight is 466 g/mol. The largest absolute Gasteiger partial charge is 0.493 e. The number of nitrogens with one attached hydrogen (secondary N) is 2. The average Bonchev–Trinajstić information content (AvgIpc) is 3.04. The van der Waals surface area contributed by atoms with Crippen LogP contribution in [-0.2, 0) is 6.42 Å². The summed E-state index contributed by atoms with van der Waals surface area (Å²) in [5.74, 6) is 1.67. The fourth-order valence-corrected chi connectivity index (χ4v) is 2.67. The third-order valence-electron chi connectivity index (χ3n) is 3.90. The molecule has 3 aromatic rings. The van der Waals surface area contributed by atoms with Crippen molar-refractivity contribution in [2.24, 2.45) is 10.7 Å². The highest BCUT2D eigenvalue weighted by molar-refractivity contribution is 14.0. The number of aliphatic imine (C=N–C) groups is 1. The zero-order chi connectivity index (χ0) is 17.6. The van der Waals surface area contributed by atoms with Crippen molar-refractivity contribution in [2.45, 2.75) is 6.42 Å². The van der Waals surface area contributed by atoms with E-state index >= 15 is 0 Å². The number of hydrogen-bond donors (Lipinski definition) is 3. The molecule has 7 heteroatoms. The minimum Gasteiger partial charge on any atom is -0.493 e. The monoisotopic (exact) mass is 466 g/mol. The Morgan fingerprint density at radius 1 is 1.08 bits per heavy atom. The topological polar surface area (TPSA) is 84.7 Å². The molecule has 26 heavy (non-hydrogen) atoms. The van der Waals surface area contributed by atoms with Crippen molar-refractivity contribution in [2.75, 3.05) is 26.1 Å². The smallest absolute Gasteiger partial charge is 0.193 e. The van der Waals surface area contributed by atoms with Crippen LogP contribution in [0.2, 0.25) is 0 Å². The maximum Gasteiger partial charge on any atom is 0.193 e. The second kappa shape index (κ2) is 9.33. The first kappa shape index (κ1) is 19.9. The van der Waals surface area contributed by atoms with Gasteiger partial charge in [0.2, 0.25) is 0 Å². The molecule has 0 unspecified atom stereocenters. The third-order valence-corrected chi connectivity index (χ3v) is 3.90. The molecule has 0 spiro atoms. The van der Waals surface area contributed by atoms with Crippen molar-refractivity contribution in [3.8, 4) is 11.5 Å². The van der Waals surface area contributed by atoms with Gasteiger partial charge in [-0.15, -0.1) is 24.0 Å². The number of fused-ring (bicyclic) bond motifs is 1. The number of aromatic nitrogens is 1. The first-order valence-corrected chi connectivity index (χ1v) is 8.05. The van der Waals surface area contributed by atoms with Gasteiger partial charge in [-0.1, -0.05) is 18.2 Å². The van der Waals surface area contributed by atoms with Gasteiger partial charge < -0.3 is 25.5 Å². The molecule has 0 atom stereocenters. The number of ether oxygens (including phenoxy) is 2. The molecule has 0 aliphatic rings. The van der Waals surface area contributed by atoms with Gasteiger partial charge in [0.05, 0.1) is 14.2 Å². The molecule has 3 rings (SSSR count). The van der Waals surface area contributed by atoms with Crippen LogP contribution in [0.3, 0.4) is 0 Å². The highest BCUT2D eigenvalue weighted by atomic mass is 127. The van der Waals surface area contributed by atoms with Crippen LogP contribution in [0.15, 0.2) is 53.5 Å². The predicted octanol–water partition coefficient (Wildman–Crippen LogP) is 3.77. The van der Waals surface area contributed by atoms with Gasteiger partial charge in [0, 0.05) is 35.9 Å². The number of anilines is 1. The maximum atomic E-state index is 5.96. The maximum absolute atomic E-state index is 5.96. The number of methoxy groups -OCH3 is 2. The van der Waals surface area contributed by atoms with Crippen molar-refractivity contribution in [3.05, 3.63) is 54.2 Å². The fourth-order valence-electron chi connectivity index (χ4n) is 2.67. The minimum absolute atomic E-state index is 0. The van der Waals surface area contributed by atoms with E-state index in [0.717, 1.165) is 23.3 Å². The quantitative estimate of drug-likeness (QED) is 0.294. The van der Waals surface area contributed by atoms with Gasteiger partial charge in [-0.25, -0.2) is 0 Å². The summed E-state index contributed by atoms with van der Waals surface area (Å²) in [7, 11) is 3.20. The molecular formula is C19H23IN4O2. The molecule has 6 nitrogen and oxygen atoms in total. The summed E-state index contributed by atoms with van der Waals surface area (Å²) in [6.45, 7) is 0.596. The van der Waals surface area contributed by atoms with Crippen molar-refractivity contribution in [1.82, 2.24) is 4.98 Å². The van der Waals surface area contributed by atoms with Crippen molar-refractivity contribution in [3.63, 3.8) is 0 Å². The summed E-state index contributed by atoms with van der Waals surface area (Å²) < 4.78 is 10.5.